The van der Waals surface area contributed by atoms with Gasteiger partial charge in [0, 0.05) is 6.07 Å². The van der Waals surface area contributed by atoms with Crippen molar-refractivity contribution in [3.63, 3.8) is 0 Å². The first kappa shape index (κ1) is 12.8. The fourth-order valence-corrected chi connectivity index (χ4v) is 2.70. The van der Waals surface area contributed by atoms with E-state index in [1.807, 2.05) is 54.3 Å². The molecule has 22 heavy (non-hydrogen) atoms. The molecule has 0 bridgehead atoms. The molecule has 1 aliphatic heterocycles. The minimum Gasteiger partial charge on any atom is -0.495 e. The Bertz CT molecular complexity index is 838. The summed E-state index contributed by atoms with van der Waals surface area (Å²) in [6.45, 7) is 2.04. The van der Waals surface area contributed by atoms with Gasteiger partial charge in [0.1, 0.15) is 5.75 Å². The summed E-state index contributed by atoms with van der Waals surface area (Å²) < 4.78 is 17.1. The molecular weight excluding hydrogens is 278 g/mol. The van der Waals surface area contributed by atoms with Crippen LogP contribution < -0.4 is 14.4 Å². The number of rotatable bonds is 2. The summed E-state index contributed by atoms with van der Waals surface area (Å²) in [5.74, 6) is 2.93. The molecule has 0 radical (unpaired) electrons. The Morgan fingerprint density at radius 2 is 1.82 bits per heavy atom. The van der Waals surface area contributed by atoms with Crippen LogP contribution in [0.1, 0.15) is 5.56 Å². The van der Waals surface area contributed by atoms with Gasteiger partial charge in [-0.05, 0) is 36.8 Å². The van der Waals surface area contributed by atoms with Gasteiger partial charge < -0.3 is 13.9 Å². The van der Waals surface area contributed by atoms with Crippen molar-refractivity contribution in [2.24, 2.45) is 0 Å². The van der Waals surface area contributed by atoms with Crippen LogP contribution in [0.15, 0.2) is 59.2 Å². The zero-order valence-electron chi connectivity index (χ0n) is 12.4. The van der Waals surface area contributed by atoms with E-state index < -0.39 is 0 Å². The highest BCUT2D eigenvalue weighted by molar-refractivity contribution is 5.85. The molecule has 0 spiro atoms. The highest BCUT2D eigenvalue weighted by Crippen LogP contribution is 2.52. The Hall–Kier alpha value is -2.88. The molecule has 2 heterocycles. The normalized spacial score (nSPS) is 12.4. The average Bonchev–Trinajstić information content (AvgIpc) is 3.00. The number of fused-ring (bicyclic) bond motifs is 2. The van der Waals surface area contributed by atoms with Crippen LogP contribution >= 0.6 is 0 Å². The van der Waals surface area contributed by atoms with Crippen LogP contribution in [0.2, 0.25) is 0 Å². The Balaban J connectivity index is 1.97. The van der Waals surface area contributed by atoms with E-state index in [-0.39, 0.29) is 0 Å². The zero-order chi connectivity index (χ0) is 15.1. The van der Waals surface area contributed by atoms with E-state index in [9.17, 15) is 0 Å². The van der Waals surface area contributed by atoms with Gasteiger partial charge in [0.2, 0.25) is 5.88 Å². The predicted molar refractivity (Wildman–Crippen MR) is 84.8 cm³/mol. The molecule has 1 aliphatic rings. The van der Waals surface area contributed by atoms with E-state index in [1.165, 1.54) is 0 Å². The second kappa shape index (κ2) is 4.84. The lowest BCUT2D eigenvalue weighted by molar-refractivity contribution is 0.413. The van der Waals surface area contributed by atoms with Gasteiger partial charge in [0.25, 0.3) is 0 Å². The Morgan fingerprint density at radius 3 is 2.68 bits per heavy atom. The highest BCUT2D eigenvalue weighted by Gasteiger charge is 2.30. The largest absolute Gasteiger partial charge is 0.495 e. The molecule has 0 fully saturated rings. The molecule has 0 amide bonds. The molecule has 0 unspecified atom stereocenters. The standard InChI is InChI=1S/C18H15NO3/c1-12-7-8-14(17(11-12)20-2)19-13-5-3-4-6-15(13)22-16-9-10-21-18(16)19/h3-11H,1-2H3. The second-order valence-electron chi connectivity index (χ2n) is 5.17. The third-order valence-electron chi connectivity index (χ3n) is 3.72. The Kier molecular flexibility index (Phi) is 2.82. The second-order valence-corrected chi connectivity index (χ2v) is 5.17. The maximum Gasteiger partial charge on any atom is 0.248 e. The van der Waals surface area contributed by atoms with Gasteiger partial charge in [0.15, 0.2) is 11.5 Å². The van der Waals surface area contributed by atoms with Crippen LogP contribution in [0.4, 0.5) is 17.3 Å². The topological polar surface area (TPSA) is 34.8 Å². The lowest BCUT2D eigenvalue weighted by Gasteiger charge is -2.30. The molecule has 0 aliphatic carbocycles. The first-order valence-corrected chi connectivity index (χ1v) is 7.07. The van der Waals surface area contributed by atoms with Crippen molar-refractivity contribution in [1.82, 2.24) is 0 Å². The van der Waals surface area contributed by atoms with Gasteiger partial charge in [-0.3, -0.25) is 4.90 Å². The third kappa shape index (κ3) is 1.84. The number of para-hydroxylation sites is 2. The average molecular weight is 293 g/mol. The number of aryl methyl sites for hydroxylation is 1. The van der Waals surface area contributed by atoms with E-state index >= 15 is 0 Å². The quantitative estimate of drug-likeness (QED) is 0.510. The summed E-state index contributed by atoms with van der Waals surface area (Å²) in [5.41, 5.74) is 2.98. The van der Waals surface area contributed by atoms with Crippen molar-refractivity contribution in [2.45, 2.75) is 6.92 Å². The van der Waals surface area contributed by atoms with Crippen molar-refractivity contribution in [1.29, 1.82) is 0 Å². The maximum absolute atomic E-state index is 5.89. The van der Waals surface area contributed by atoms with E-state index in [0.29, 0.717) is 11.6 Å². The van der Waals surface area contributed by atoms with Crippen molar-refractivity contribution >= 4 is 17.3 Å². The van der Waals surface area contributed by atoms with E-state index in [0.717, 1.165) is 28.4 Å². The van der Waals surface area contributed by atoms with Crippen LogP contribution in [-0.4, -0.2) is 7.11 Å². The number of hydrogen-bond acceptors (Lipinski definition) is 4. The van der Waals surface area contributed by atoms with Crippen molar-refractivity contribution in [3.8, 4) is 17.2 Å². The van der Waals surface area contributed by atoms with E-state index in [1.54, 1.807) is 13.4 Å². The number of furan rings is 1. The molecule has 4 rings (SSSR count). The molecule has 0 saturated carbocycles. The monoisotopic (exact) mass is 293 g/mol. The van der Waals surface area contributed by atoms with Crippen LogP contribution in [0.25, 0.3) is 0 Å². The van der Waals surface area contributed by atoms with Crippen molar-refractivity contribution in [3.05, 3.63) is 60.4 Å². The molecule has 4 nitrogen and oxygen atoms in total. The minimum absolute atomic E-state index is 0.654. The van der Waals surface area contributed by atoms with Gasteiger partial charge in [-0.2, -0.15) is 0 Å². The van der Waals surface area contributed by atoms with Gasteiger partial charge in [-0.15, -0.1) is 0 Å². The summed E-state index contributed by atoms with van der Waals surface area (Å²) in [6.07, 6.45) is 1.63. The first-order valence-electron chi connectivity index (χ1n) is 7.07. The molecule has 110 valence electrons. The van der Waals surface area contributed by atoms with Gasteiger partial charge in [0.05, 0.1) is 24.7 Å². The number of hydrogen-bond donors (Lipinski definition) is 0. The summed E-state index contributed by atoms with van der Waals surface area (Å²) in [4.78, 5) is 2.02. The van der Waals surface area contributed by atoms with Crippen LogP contribution in [-0.2, 0) is 0 Å². The zero-order valence-corrected chi connectivity index (χ0v) is 12.4. The summed E-state index contributed by atoms with van der Waals surface area (Å²) in [7, 11) is 1.67. The molecule has 0 saturated heterocycles. The fourth-order valence-electron chi connectivity index (χ4n) is 2.70. The lowest BCUT2D eigenvalue weighted by Crippen LogP contribution is -2.15. The third-order valence-corrected chi connectivity index (χ3v) is 3.72. The van der Waals surface area contributed by atoms with Gasteiger partial charge in [-0.1, -0.05) is 18.2 Å². The molecule has 4 heteroatoms. The molecule has 3 aromatic rings. The maximum atomic E-state index is 5.89. The lowest BCUT2D eigenvalue weighted by atomic mass is 10.1. The number of anilines is 3. The number of methoxy groups -OCH3 is 1. The highest BCUT2D eigenvalue weighted by atomic mass is 16.5. The SMILES string of the molecule is COc1cc(C)ccc1N1c2ccccc2Oc2ccoc21. The van der Waals surface area contributed by atoms with Crippen molar-refractivity contribution < 1.29 is 13.9 Å². The molecule has 0 N–H and O–H groups in total. The van der Waals surface area contributed by atoms with E-state index in [2.05, 4.69) is 6.07 Å². The van der Waals surface area contributed by atoms with Gasteiger partial charge in [-0.25, -0.2) is 0 Å². The van der Waals surface area contributed by atoms with Crippen LogP contribution in [0, 0.1) is 6.92 Å². The summed E-state index contributed by atoms with van der Waals surface area (Å²) in [6, 6.07) is 15.8. The summed E-state index contributed by atoms with van der Waals surface area (Å²) >= 11 is 0. The fraction of sp³-hybridized carbons (Fsp3) is 0.111. The molecular formula is C18H15NO3. The number of nitrogens with zero attached hydrogens (tertiary/aromatic N) is 1. The predicted octanol–water partition coefficient (Wildman–Crippen LogP) is 5.17. The first-order chi connectivity index (χ1) is 10.8. The van der Waals surface area contributed by atoms with Gasteiger partial charge >= 0.3 is 0 Å². The molecule has 0 atom stereocenters. The summed E-state index contributed by atoms with van der Waals surface area (Å²) in [5, 5.41) is 0. The van der Waals surface area contributed by atoms with E-state index in [4.69, 9.17) is 13.9 Å². The molecule has 2 aromatic carbocycles. The van der Waals surface area contributed by atoms with Crippen LogP contribution in [0.3, 0.4) is 0 Å². The van der Waals surface area contributed by atoms with Crippen LogP contribution in [0.5, 0.6) is 17.2 Å². The Labute approximate surface area is 128 Å². The number of ether oxygens (including phenoxy) is 2. The number of benzene rings is 2. The van der Waals surface area contributed by atoms with Crippen molar-refractivity contribution in [2.75, 3.05) is 12.0 Å². The molecule has 1 aromatic heterocycles. The smallest absolute Gasteiger partial charge is 0.248 e. The Morgan fingerprint density at radius 1 is 0.955 bits per heavy atom. The minimum atomic E-state index is 0.654.